The van der Waals surface area contributed by atoms with E-state index in [1.807, 2.05) is 6.92 Å². The maximum absolute atomic E-state index is 13.2. The van der Waals surface area contributed by atoms with Gasteiger partial charge in [0, 0.05) is 18.0 Å². The molecule has 0 spiro atoms. The van der Waals surface area contributed by atoms with Gasteiger partial charge in [-0.25, -0.2) is 17.6 Å². The molecule has 0 radical (unpaired) electrons. The minimum absolute atomic E-state index is 0.0101. The maximum atomic E-state index is 13.2. The standard InChI is InChI=1S/C21H25FN2O5S2/c1-4-29-21(26)18-13(2)14(3)30-20(18)23-19(25)15-6-5-11-24(12-15)31(27,28)17-9-7-16(22)8-10-17/h7-10,15H,4-6,11-12H2,1-3H3,(H,23,25). The lowest BCUT2D eigenvalue weighted by molar-refractivity contribution is -0.120. The molecule has 1 unspecified atom stereocenters. The first kappa shape index (κ1) is 23.4. The van der Waals surface area contributed by atoms with Gasteiger partial charge in [0.15, 0.2) is 0 Å². The van der Waals surface area contributed by atoms with Crippen LogP contribution in [0.4, 0.5) is 9.39 Å². The third-order valence-corrected chi connectivity index (χ3v) is 8.31. The van der Waals surface area contributed by atoms with Gasteiger partial charge in [0.05, 0.1) is 23.0 Å². The number of nitrogens with zero attached hydrogens (tertiary/aromatic N) is 1. The minimum Gasteiger partial charge on any atom is -0.462 e. The van der Waals surface area contributed by atoms with Crippen molar-refractivity contribution in [1.82, 2.24) is 4.31 Å². The van der Waals surface area contributed by atoms with Crippen LogP contribution in [0.5, 0.6) is 0 Å². The molecule has 0 bridgehead atoms. The molecule has 1 aliphatic rings. The number of anilines is 1. The SMILES string of the molecule is CCOC(=O)c1c(NC(=O)C2CCCN(S(=O)(=O)c3ccc(F)cc3)C2)sc(C)c1C. The molecule has 168 valence electrons. The molecule has 2 heterocycles. The number of piperidine rings is 1. The van der Waals surface area contributed by atoms with Crippen LogP contribution in [-0.4, -0.2) is 44.3 Å². The monoisotopic (exact) mass is 468 g/mol. The second-order valence-electron chi connectivity index (χ2n) is 7.35. The minimum atomic E-state index is -3.83. The molecule has 3 rings (SSSR count). The Hall–Kier alpha value is -2.30. The first-order valence-corrected chi connectivity index (χ1v) is 12.2. The molecule has 2 aromatic rings. The van der Waals surface area contributed by atoms with Crippen molar-refractivity contribution >= 4 is 38.2 Å². The highest BCUT2D eigenvalue weighted by molar-refractivity contribution is 7.89. The molecule has 1 aromatic heterocycles. The number of aryl methyl sites for hydroxylation is 1. The fourth-order valence-corrected chi connectivity index (χ4v) is 6.08. The second kappa shape index (κ2) is 9.46. The van der Waals surface area contributed by atoms with Crippen LogP contribution in [0.2, 0.25) is 0 Å². The number of hydrogen-bond donors (Lipinski definition) is 1. The van der Waals surface area contributed by atoms with Gasteiger partial charge in [0.2, 0.25) is 15.9 Å². The van der Waals surface area contributed by atoms with Crippen molar-refractivity contribution in [3.8, 4) is 0 Å². The molecule has 1 saturated heterocycles. The number of esters is 1. The Kier molecular flexibility index (Phi) is 7.13. The first-order chi connectivity index (χ1) is 14.6. The molecule has 0 aliphatic carbocycles. The Morgan fingerprint density at radius 2 is 1.94 bits per heavy atom. The number of rotatable bonds is 6. The molecule has 10 heteroatoms. The quantitative estimate of drug-likeness (QED) is 0.653. The lowest BCUT2D eigenvalue weighted by atomic mass is 9.99. The van der Waals surface area contributed by atoms with E-state index in [2.05, 4.69) is 5.32 Å². The summed E-state index contributed by atoms with van der Waals surface area (Å²) in [6, 6.07) is 4.63. The molecule has 1 amide bonds. The second-order valence-corrected chi connectivity index (χ2v) is 10.5. The molecular weight excluding hydrogens is 443 g/mol. The van der Waals surface area contributed by atoms with E-state index in [0.717, 1.165) is 22.6 Å². The molecule has 1 aromatic carbocycles. The van der Waals surface area contributed by atoms with Gasteiger partial charge in [0.25, 0.3) is 0 Å². The van der Waals surface area contributed by atoms with E-state index in [-0.39, 0.29) is 30.5 Å². The van der Waals surface area contributed by atoms with E-state index in [1.165, 1.54) is 27.8 Å². The Morgan fingerprint density at radius 1 is 1.26 bits per heavy atom. The van der Waals surface area contributed by atoms with Crippen molar-refractivity contribution in [3.63, 3.8) is 0 Å². The van der Waals surface area contributed by atoms with Crippen LogP contribution in [0.3, 0.4) is 0 Å². The number of benzene rings is 1. The number of carbonyl (C=O) groups is 2. The largest absolute Gasteiger partial charge is 0.462 e. The number of nitrogens with one attached hydrogen (secondary N) is 1. The Labute approximate surface area is 185 Å². The summed E-state index contributed by atoms with van der Waals surface area (Å²) in [4.78, 5) is 26.2. The lowest BCUT2D eigenvalue weighted by Crippen LogP contribution is -2.43. The van der Waals surface area contributed by atoms with E-state index < -0.39 is 27.7 Å². The summed E-state index contributed by atoms with van der Waals surface area (Å²) in [6.07, 6.45) is 1.05. The van der Waals surface area contributed by atoms with E-state index in [1.54, 1.807) is 13.8 Å². The Bertz CT molecular complexity index is 1080. The van der Waals surface area contributed by atoms with Crippen LogP contribution in [0, 0.1) is 25.6 Å². The number of thiophene rings is 1. The lowest BCUT2D eigenvalue weighted by Gasteiger charge is -2.31. The fraction of sp³-hybridized carbons (Fsp3) is 0.429. The predicted molar refractivity (Wildman–Crippen MR) is 116 cm³/mol. The summed E-state index contributed by atoms with van der Waals surface area (Å²) in [5, 5.41) is 3.22. The smallest absolute Gasteiger partial charge is 0.341 e. The van der Waals surface area contributed by atoms with Crippen molar-refractivity contribution in [2.24, 2.45) is 5.92 Å². The predicted octanol–water partition coefficient (Wildman–Crippen LogP) is 3.72. The normalized spacial score (nSPS) is 17.4. The van der Waals surface area contributed by atoms with Crippen molar-refractivity contribution in [2.45, 2.75) is 38.5 Å². The molecule has 1 atom stereocenters. The third kappa shape index (κ3) is 4.97. The number of ether oxygens (including phenoxy) is 1. The van der Waals surface area contributed by atoms with Gasteiger partial charge in [0.1, 0.15) is 10.8 Å². The Balaban J connectivity index is 1.77. The summed E-state index contributed by atoms with van der Waals surface area (Å²) in [7, 11) is -3.83. The van der Waals surface area contributed by atoms with E-state index in [0.29, 0.717) is 23.4 Å². The molecular formula is C21H25FN2O5S2. The van der Waals surface area contributed by atoms with Crippen molar-refractivity contribution in [3.05, 3.63) is 46.1 Å². The van der Waals surface area contributed by atoms with Crippen LogP contribution < -0.4 is 5.32 Å². The highest BCUT2D eigenvalue weighted by Crippen LogP contribution is 2.34. The molecule has 7 nitrogen and oxygen atoms in total. The summed E-state index contributed by atoms with van der Waals surface area (Å²) >= 11 is 1.29. The fourth-order valence-electron chi connectivity index (χ4n) is 3.51. The van der Waals surface area contributed by atoms with Crippen molar-refractivity contribution in [1.29, 1.82) is 0 Å². The van der Waals surface area contributed by atoms with Gasteiger partial charge in [-0.3, -0.25) is 4.79 Å². The van der Waals surface area contributed by atoms with Crippen LogP contribution in [0.1, 0.15) is 40.6 Å². The number of amides is 1. The highest BCUT2D eigenvalue weighted by atomic mass is 32.2. The van der Waals surface area contributed by atoms with Gasteiger partial charge in [-0.2, -0.15) is 4.31 Å². The van der Waals surface area contributed by atoms with E-state index in [9.17, 15) is 22.4 Å². The summed E-state index contributed by atoms with van der Waals surface area (Å²) in [6.45, 7) is 5.89. The molecule has 0 saturated carbocycles. The van der Waals surface area contributed by atoms with Gasteiger partial charge < -0.3 is 10.1 Å². The van der Waals surface area contributed by atoms with Crippen LogP contribution in [0.15, 0.2) is 29.2 Å². The average Bonchev–Trinajstić information content (AvgIpc) is 3.01. The molecule has 1 N–H and O–H groups in total. The van der Waals surface area contributed by atoms with Gasteiger partial charge >= 0.3 is 5.97 Å². The van der Waals surface area contributed by atoms with Gasteiger partial charge in [-0.15, -0.1) is 11.3 Å². The van der Waals surface area contributed by atoms with Gasteiger partial charge in [-0.1, -0.05) is 0 Å². The van der Waals surface area contributed by atoms with Crippen molar-refractivity contribution < 1.29 is 27.1 Å². The van der Waals surface area contributed by atoms with E-state index in [4.69, 9.17) is 4.74 Å². The topological polar surface area (TPSA) is 92.8 Å². The van der Waals surface area contributed by atoms with E-state index >= 15 is 0 Å². The number of sulfonamides is 1. The summed E-state index contributed by atoms with van der Waals surface area (Å²) in [5.74, 6) is -1.93. The van der Waals surface area contributed by atoms with Crippen LogP contribution >= 0.6 is 11.3 Å². The molecule has 1 aliphatic heterocycles. The zero-order chi connectivity index (χ0) is 22.8. The zero-order valence-electron chi connectivity index (χ0n) is 17.6. The molecule has 31 heavy (non-hydrogen) atoms. The van der Waals surface area contributed by atoms with Crippen molar-refractivity contribution in [2.75, 3.05) is 25.0 Å². The van der Waals surface area contributed by atoms with Crippen LogP contribution in [0.25, 0.3) is 0 Å². The summed E-state index contributed by atoms with van der Waals surface area (Å²) in [5.41, 5.74) is 1.09. The average molecular weight is 469 g/mol. The third-order valence-electron chi connectivity index (χ3n) is 5.31. The van der Waals surface area contributed by atoms with Gasteiger partial charge in [-0.05, 0) is 63.4 Å². The van der Waals surface area contributed by atoms with Crippen LogP contribution in [-0.2, 0) is 19.6 Å². The zero-order valence-corrected chi connectivity index (χ0v) is 19.2. The number of halogens is 1. The first-order valence-electron chi connectivity index (χ1n) is 9.98. The number of carbonyl (C=O) groups excluding carboxylic acids is 2. The maximum Gasteiger partial charge on any atom is 0.341 e. The number of hydrogen-bond acceptors (Lipinski definition) is 6. The Morgan fingerprint density at radius 3 is 2.58 bits per heavy atom. The highest BCUT2D eigenvalue weighted by Gasteiger charge is 2.34. The summed E-state index contributed by atoms with van der Waals surface area (Å²) < 4.78 is 45.3. The molecule has 1 fully saturated rings.